The van der Waals surface area contributed by atoms with E-state index < -0.39 is 5.97 Å². The molecule has 0 aliphatic rings. The second-order valence-electron chi connectivity index (χ2n) is 4.32. The summed E-state index contributed by atoms with van der Waals surface area (Å²) >= 11 is 0. The van der Waals surface area contributed by atoms with Crippen molar-refractivity contribution in [3.05, 3.63) is 59.9 Å². The summed E-state index contributed by atoms with van der Waals surface area (Å²) in [5.74, 6) is -1.23. The molecular formula is C15H15N3O3. The van der Waals surface area contributed by atoms with Crippen molar-refractivity contribution in [2.24, 2.45) is 0 Å². The molecule has 6 nitrogen and oxygen atoms in total. The number of aromatic nitrogens is 2. The molecule has 6 heteroatoms. The molecular weight excluding hydrogens is 270 g/mol. The number of hydrogen-bond donors (Lipinski definition) is 2. The first-order valence-corrected chi connectivity index (χ1v) is 6.42. The first-order valence-electron chi connectivity index (χ1n) is 6.42. The Morgan fingerprint density at radius 3 is 2.90 bits per heavy atom. The Bertz CT molecular complexity index is 648. The normalized spacial score (nSPS) is 10.7. The third-order valence-electron chi connectivity index (χ3n) is 2.75. The van der Waals surface area contributed by atoms with Gasteiger partial charge in [-0.25, -0.2) is 4.79 Å². The van der Waals surface area contributed by atoms with Gasteiger partial charge < -0.3 is 10.4 Å². The molecule has 0 saturated heterocycles. The van der Waals surface area contributed by atoms with Crippen LogP contribution in [-0.2, 0) is 11.3 Å². The van der Waals surface area contributed by atoms with Crippen molar-refractivity contribution in [2.45, 2.75) is 6.54 Å². The van der Waals surface area contributed by atoms with Crippen LogP contribution >= 0.6 is 0 Å². The maximum Gasteiger partial charge on any atom is 0.328 e. The van der Waals surface area contributed by atoms with Crippen molar-refractivity contribution in [1.29, 1.82) is 0 Å². The molecule has 2 aromatic rings. The maximum absolute atomic E-state index is 12.0. The zero-order chi connectivity index (χ0) is 15.1. The number of nitrogens with zero attached hydrogens (tertiary/aromatic N) is 2. The fourth-order valence-corrected chi connectivity index (χ4v) is 1.77. The van der Waals surface area contributed by atoms with Gasteiger partial charge in [0, 0.05) is 30.6 Å². The quantitative estimate of drug-likeness (QED) is 0.786. The summed E-state index contributed by atoms with van der Waals surface area (Å²) in [6.07, 6.45) is 5.99. The van der Waals surface area contributed by atoms with Gasteiger partial charge in [-0.2, -0.15) is 5.10 Å². The summed E-state index contributed by atoms with van der Waals surface area (Å²) in [6, 6.07) is 8.59. The van der Waals surface area contributed by atoms with Crippen molar-refractivity contribution < 1.29 is 14.7 Å². The summed E-state index contributed by atoms with van der Waals surface area (Å²) in [5.41, 5.74) is 1.15. The van der Waals surface area contributed by atoms with Gasteiger partial charge in [-0.05, 0) is 29.8 Å². The Kier molecular flexibility index (Phi) is 4.87. The van der Waals surface area contributed by atoms with Crippen LogP contribution < -0.4 is 5.32 Å². The summed E-state index contributed by atoms with van der Waals surface area (Å²) in [4.78, 5) is 22.5. The van der Waals surface area contributed by atoms with E-state index >= 15 is 0 Å². The van der Waals surface area contributed by atoms with Crippen molar-refractivity contribution in [3.8, 4) is 0 Å². The number of amides is 1. The number of carboxylic acids is 1. The number of carboxylic acid groups (broad SMARTS) is 1. The molecule has 0 saturated carbocycles. The Morgan fingerprint density at radius 1 is 1.33 bits per heavy atom. The number of carbonyl (C=O) groups excluding carboxylic acids is 1. The molecule has 21 heavy (non-hydrogen) atoms. The first kappa shape index (κ1) is 14.5. The maximum atomic E-state index is 12.0. The van der Waals surface area contributed by atoms with E-state index in [1.54, 1.807) is 35.1 Å². The zero-order valence-corrected chi connectivity index (χ0v) is 11.3. The second kappa shape index (κ2) is 7.04. The standard InChI is InChI=1S/C15H15N3O3/c19-14(20)6-5-12-3-1-4-13(11-12)15(21)16-8-10-18-9-2-7-17-18/h1-7,9,11H,8,10H2,(H,16,21)(H,19,20). The average Bonchev–Trinajstić information content (AvgIpc) is 2.98. The predicted molar refractivity (Wildman–Crippen MR) is 77.7 cm³/mol. The lowest BCUT2D eigenvalue weighted by Crippen LogP contribution is -2.27. The van der Waals surface area contributed by atoms with E-state index in [-0.39, 0.29) is 5.91 Å². The second-order valence-corrected chi connectivity index (χ2v) is 4.32. The molecule has 0 radical (unpaired) electrons. The fraction of sp³-hybridized carbons (Fsp3) is 0.133. The molecule has 108 valence electrons. The molecule has 1 heterocycles. The van der Waals surface area contributed by atoms with Crippen molar-refractivity contribution in [2.75, 3.05) is 6.54 Å². The molecule has 1 aromatic carbocycles. The average molecular weight is 285 g/mol. The third kappa shape index (κ3) is 4.61. The van der Waals surface area contributed by atoms with Gasteiger partial charge in [-0.15, -0.1) is 0 Å². The minimum absolute atomic E-state index is 0.201. The molecule has 2 rings (SSSR count). The smallest absolute Gasteiger partial charge is 0.328 e. The van der Waals surface area contributed by atoms with Crippen LogP contribution in [-0.4, -0.2) is 33.3 Å². The van der Waals surface area contributed by atoms with Crippen molar-refractivity contribution >= 4 is 18.0 Å². The van der Waals surface area contributed by atoms with Gasteiger partial charge >= 0.3 is 5.97 Å². The topological polar surface area (TPSA) is 84.2 Å². The van der Waals surface area contributed by atoms with Crippen LogP contribution in [0.5, 0.6) is 0 Å². The van der Waals surface area contributed by atoms with Crippen LogP contribution in [0.25, 0.3) is 6.08 Å². The number of aliphatic carboxylic acids is 1. The summed E-state index contributed by atoms with van der Waals surface area (Å²) in [7, 11) is 0. The monoisotopic (exact) mass is 285 g/mol. The van der Waals surface area contributed by atoms with E-state index in [1.807, 2.05) is 12.3 Å². The van der Waals surface area contributed by atoms with E-state index in [1.165, 1.54) is 6.08 Å². The molecule has 1 aromatic heterocycles. The highest BCUT2D eigenvalue weighted by molar-refractivity contribution is 5.95. The number of nitrogens with one attached hydrogen (secondary N) is 1. The van der Waals surface area contributed by atoms with Gasteiger partial charge in [0.05, 0.1) is 6.54 Å². The predicted octanol–water partition coefficient (Wildman–Crippen LogP) is 1.41. The van der Waals surface area contributed by atoms with Crippen molar-refractivity contribution in [3.63, 3.8) is 0 Å². The molecule has 0 fully saturated rings. The number of hydrogen-bond acceptors (Lipinski definition) is 3. The molecule has 1 amide bonds. The summed E-state index contributed by atoms with van der Waals surface area (Å²) < 4.78 is 1.73. The first-order chi connectivity index (χ1) is 10.1. The Hall–Kier alpha value is -2.89. The number of carbonyl (C=O) groups is 2. The highest BCUT2D eigenvalue weighted by Crippen LogP contribution is 2.07. The number of rotatable bonds is 6. The van der Waals surface area contributed by atoms with E-state index in [0.717, 1.165) is 6.08 Å². The Labute approximate surface area is 121 Å². The lowest BCUT2D eigenvalue weighted by atomic mass is 10.1. The minimum Gasteiger partial charge on any atom is -0.478 e. The number of benzene rings is 1. The minimum atomic E-state index is -1.02. The van der Waals surface area contributed by atoms with Crippen molar-refractivity contribution in [1.82, 2.24) is 15.1 Å². The lowest BCUT2D eigenvalue weighted by molar-refractivity contribution is -0.131. The molecule has 0 aliphatic heterocycles. The molecule has 0 spiro atoms. The van der Waals surface area contributed by atoms with E-state index in [2.05, 4.69) is 10.4 Å². The van der Waals surface area contributed by atoms with Crippen LogP contribution in [0.1, 0.15) is 15.9 Å². The van der Waals surface area contributed by atoms with Gasteiger partial charge in [0.1, 0.15) is 0 Å². The fourth-order valence-electron chi connectivity index (χ4n) is 1.77. The highest BCUT2D eigenvalue weighted by Gasteiger charge is 2.05. The van der Waals surface area contributed by atoms with Gasteiger partial charge in [0.2, 0.25) is 0 Å². The van der Waals surface area contributed by atoms with Crippen LogP contribution in [0, 0.1) is 0 Å². The zero-order valence-electron chi connectivity index (χ0n) is 11.3. The van der Waals surface area contributed by atoms with Gasteiger partial charge in [-0.1, -0.05) is 12.1 Å². The Balaban J connectivity index is 1.92. The summed E-state index contributed by atoms with van der Waals surface area (Å²) in [5, 5.41) is 15.4. The van der Waals surface area contributed by atoms with Crippen LogP contribution in [0.15, 0.2) is 48.8 Å². The molecule has 0 unspecified atom stereocenters. The lowest BCUT2D eigenvalue weighted by Gasteiger charge is -2.06. The largest absolute Gasteiger partial charge is 0.478 e. The van der Waals surface area contributed by atoms with E-state index in [4.69, 9.17) is 5.11 Å². The van der Waals surface area contributed by atoms with Gasteiger partial charge in [0.25, 0.3) is 5.91 Å². The van der Waals surface area contributed by atoms with Crippen LogP contribution in [0.2, 0.25) is 0 Å². The van der Waals surface area contributed by atoms with E-state index in [0.29, 0.717) is 24.2 Å². The van der Waals surface area contributed by atoms with Gasteiger partial charge in [-0.3, -0.25) is 9.48 Å². The van der Waals surface area contributed by atoms with Crippen LogP contribution in [0.4, 0.5) is 0 Å². The van der Waals surface area contributed by atoms with E-state index in [9.17, 15) is 9.59 Å². The Morgan fingerprint density at radius 2 is 2.19 bits per heavy atom. The third-order valence-corrected chi connectivity index (χ3v) is 2.75. The summed E-state index contributed by atoms with van der Waals surface area (Å²) in [6.45, 7) is 1.06. The molecule has 0 atom stereocenters. The molecule has 0 bridgehead atoms. The highest BCUT2D eigenvalue weighted by atomic mass is 16.4. The molecule has 0 aliphatic carbocycles. The SMILES string of the molecule is O=C(O)C=Cc1cccc(C(=O)NCCn2cccn2)c1. The van der Waals surface area contributed by atoms with Gasteiger partial charge in [0.15, 0.2) is 0 Å². The van der Waals surface area contributed by atoms with Crippen LogP contribution in [0.3, 0.4) is 0 Å². The molecule has 2 N–H and O–H groups in total.